The van der Waals surface area contributed by atoms with E-state index < -0.39 is 5.41 Å². The minimum atomic E-state index is -0.424. The maximum absolute atomic E-state index is 16.5. The van der Waals surface area contributed by atoms with Crippen LogP contribution in [0.4, 0.5) is 37.2 Å². The van der Waals surface area contributed by atoms with Gasteiger partial charge in [0.15, 0.2) is 0 Å². The van der Waals surface area contributed by atoms with Crippen molar-refractivity contribution in [3.05, 3.63) is 155 Å². The number of anilines is 5. The summed E-state index contributed by atoms with van der Waals surface area (Å²) in [6, 6.07) is 37.4. The third-order valence-electron chi connectivity index (χ3n) is 11.2. The summed E-state index contributed by atoms with van der Waals surface area (Å²) in [6.07, 6.45) is 0. The molecule has 0 bridgehead atoms. The molecule has 3 heterocycles. The van der Waals surface area contributed by atoms with E-state index in [0.717, 1.165) is 72.3 Å². The normalized spacial score (nSPS) is 15.5. The van der Waals surface area contributed by atoms with Crippen LogP contribution in [-0.2, 0) is 5.41 Å². The number of rotatable bonds is 2. The molecule has 3 nitrogen and oxygen atoms in total. The van der Waals surface area contributed by atoms with Crippen LogP contribution in [0, 0.1) is 25.5 Å². The Balaban J connectivity index is 1.43. The highest BCUT2D eigenvalue weighted by Gasteiger charge is 2.54. The molecule has 0 radical (unpaired) electrons. The molecule has 0 atom stereocenters. The topological polar surface area (TPSA) is 19.6 Å². The number of hydrogen-bond acceptors (Lipinski definition) is 3. The molecular formula is C43H31BF2N2O. The number of allylic oxidation sites excluding steroid dienone is 1. The van der Waals surface area contributed by atoms with Gasteiger partial charge in [-0.1, -0.05) is 86.0 Å². The zero-order chi connectivity index (χ0) is 33.3. The molecule has 10 rings (SSSR count). The molecule has 3 aliphatic rings. The van der Waals surface area contributed by atoms with E-state index >= 15 is 8.78 Å². The molecule has 0 amide bonds. The Hall–Kier alpha value is -5.62. The first-order chi connectivity index (χ1) is 23.8. The van der Waals surface area contributed by atoms with E-state index in [1.54, 1.807) is 12.1 Å². The molecule has 0 spiro atoms. The Bertz CT molecular complexity index is 2620. The number of aryl methyl sites for hydroxylation is 1. The van der Waals surface area contributed by atoms with Gasteiger partial charge in [0.25, 0.3) is 0 Å². The van der Waals surface area contributed by atoms with Gasteiger partial charge in [-0.15, -0.1) is 0 Å². The number of benzene rings is 6. The fourth-order valence-corrected chi connectivity index (χ4v) is 8.96. The average Bonchev–Trinajstić information content (AvgIpc) is 3.60. The lowest BCUT2D eigenvalue weighted by Crippen LogP contribution is -2.58. The molecule has 6 heteroatoms. The standard InChI is InChI=1S/C43H31BF2N2O/c1-24-20-21-30(46)40(25(24)2)48-33-18-11-17-32-38(33)44(42-41(48)26-12-5-7-14-28(26)43(42,3)4)39-34(47(32)31-16-9-8-15-29(31)45)22-23-36-37(39)27-13-6-10-19-35(27)49-36/h5-23H,1-4H3. The highest BCUT2D eigenvalue weighted by molar-refractivity contribution is 6.98. The smallest absolute Gasteiger partial charge is 0.249 e. The first-order valence-electron chi connectivity index (χ1n) is 16.8. The van der Waals surface area contributed by atoms with Crippen molar-refractivity contribution in [3.63, 3.8) is 0 Å². The van der Waals surface area contributed by atoms with Gasteiger partial charge in [0.05, 0.1) is 11.4 Å². The number of nitrogens with zero attached hydrogens (tertiary/aromatic N) is 2. The van der Waals surface area contributed by atoms with E-state index in [1.165, 1.54) is 17.1 Å². The Morgan fingerprint density at radius 3 is 2.14 bits per heavy atom. The quantitative estimate of drug-likeness (QED) is 0.175. The predicted molar refractivity (Wildman–Crippen MR) is 198 cm³/mol. The fraction of sp³-hybridized carbons (Fsp3) is 0.116. The summed E-state index contributed by atoms with van der Waals surface area (Å²) < 4.78 is 39.0. The average molecular weight is 641 g/mol. The van der Waals surface area contributed by atoms with E-state index in [1.807, 2.05) is 62.4 Å². The van der Waals surface area contributed by atoms with Crippen LogP contribution in [0.15, 0.2) is 125 Å². The molecule has 1 aliphatic carbocycles. The zero-order valence-electron chi connectivity index (χ0n) is 27.6. The van der Waals surface area contributed by atoms with E-state index in [4.69, 9.17) is 4.42 Å². The summed E-state index contributed by atoms with van der Waals surface area (Å²) in [5.74, 6) is -0.595. The lowest BCUT2D eigenvalue weighted by molar-refractivity contribution is 0.627. The number of hydrogen-bond donors (Lipinski definition) is 0. The van der Waals surface area contributed by atoms with E-state index in [0.29, 0.717) is 11.4 Å². The van der Waals surface area contributed by atoms with Gasteiger partial charge in [-0.2, -0.15) is 0 Å². The van der Waals surface area contributed by atoms with Crippen molar-refractivity contribution in [1.29, 1.82) is 0 Å². The lowest BCUT2D eigenvalue weighted by Gasteiger charge is -2.46. The predicted octanol–water partition coefficient (Wildman–Crippen LogP) is 10.3. The Morgan fingerprint density at radius 2 is 1.31 bits per heavy atom. The molecular weight excluding hydrogens is 609 g/mol. The Labute approximate surface area is 283 Å². The number of furan rings is 1. The summed E-state index contributed by atoms with van der Waals surface area (Å²) in [4.78, 5) is 4.22. The van der Waals surface area contributed by atoms with Crippen LogP contribution in [0.3, 0.4) is 0 Å². The number of halogens is 2. The van der Waals surface area contributed by atoms with Crippen LogP contribution in [0.5, 0.6) is 0 Å². The molecule has 49 heavy (non-hydrogen) atoms. The molecule has 1 aromatic heterocycles. The van der Waals surface area contributed by atoms with Crippen molar-refractivity contribution < 1.29 is 13.2 Å². The molecule has 0 saturated heterocycles. The van der Waals surface area contributed by atoms with Gasteiger partial charge in [-0.3, -0.25) is 0 Å². The second-order valence-electron chi connectivity index (χ2n) is 14.0. The summed E-state index contributed by atoms with van der Waals surface area (Å²) in [5, 5.41) is 2.03. The van der Waals surface area contributed by atoms with Gasteiger partial charge in [0, 0.05) is 44.5 Å². The third-order valence-corrected chi connectivity index (χ3v) is 11.2. The fourth-order valence-electron chi connectivity index (χ4n) is 8.96. The molecule has 0 N–H and O–H groups in total. The van der Waals surface area contributed by atoms with Crippen LogP contribution in [-0.4, -0.2) is 6.71 Å². The van der Waals surface area contributed by atoms with Crippen molar-refractivity contribution in [2.24, 2.45) is 0 Å². The third kappa shape index (κ3) is 3.56. The van der Waals surface area contributed by atoms with Gasteiger partial charge in [0.2, 0.25) is 6.71 Å². The largest absolute Gasteiger partial charge is 0.456 e. The minimum Gasteiger partial charge on any atom is -0.456 e. The van der Waals surface area contributed by atoms with Crippen molar-refractivity contribution in [2.75, 3.05) is 9.80 Å². The SMILES string of the molecule is Cc1ccc(F)c(N2C3=C(B4c5c2cccc5N(c2ccccc2F)c2ccc5oc6ccccc6c5c24)C(C)(C)c2ccccc23)c1C. The summed E-state index contributed by atoms with van der Waals surface area (Å²) in [7, 11) is 0. The van der Waals surface area contributed by atoms with Gasteiger partial charge in [-0.05, 0) is 90.0 Å². The second-order valence-corrected chi connectivity index (χ2v) is 14.0. The molecule has 0 fully saturated rings. The Kier molecular flexibility index (Phi) is 5.64. The molecule has 2 aliphatic heterocycles. The minimum absolute atomic E-state index is 0.226. The number of para-hydroxylation sites is 2. The Morgan fingerprint density at radius 1 is 0.612 bits per heavy atom. The van der Waals surface area contributed by atoms with Crippen molar-refractivity contribution in [2.45, 2.75) is 33.1 Å². The van der Waals surface area contributed by atoms with Crippen LogP contribution in [0.25, 0.3) is 27.6 Å². The lowest BCUT2D eigenvalue weighted by atomic mass is 9.30. The maximum Gasteiger partial charge on any atom is 0.249 e. The monoisotopic (exact) mass is 640 g/mol. The second kappa shape index (κ2) is 9.73. The van der Waals surface area contributed by atoms with Crippen LogP contribution < -0.4 is 20.7 Å². The van der Waals surface area contributed by atoms with Crippen LogP contribution in [0.2, 0.25) is 0 Å². The highest BCUT2D eigenvalue weighted by atomic mass is 19.1. The summed E-state index contributed by atoms with van der Waals surface area (Å²) in [6.45, 7) is 8.38. The summed E-state index contributed by atoms with van der Waals surface area (Å²) in [5.41, 5.74) is 13.3. The summed E-state index contributed by atoms with van der Waals surface area (Å²) >= 11 is 0. The molecule has 7 aromatic rings. The van der Waals surface area contributed by atoms with Gasteiger partial charge >= 0.3 is 0 Å². The number of fused-ring (bicyclic) bond motifs is 9. The van der Waals surface area contributed by atoms with Crippen molar-refractivity contribution in [1.82, 2.24) is 0 Å². The van der Waals surface area contributed by atoms with Gasteiger partial charge in [-0.25, -0.2) is 8.78 Å². The van der Waals surface area contributed by atoms with Gasteiger partial charge < -0.3 is 14.2 Å². The van der Waals surface area contributed by atoms with E-state index in [2.05, 4.69) is 72.2 Å². The van der Waals surface area contributed by atoms with Gasteiger partial charge in [0.1, 0.15) is 22.8 Å². The molecule has 236 valence electrons. The van der Waals surface area contributed by atoms with Crippen LogP contribution >= 0.6 is 0 Å². The molecule has 6 aromatic carbocycles. The van der Waals surface area contributed by atoms with E-state index in [9.17, 15) is 0 Å². The maximum atomic E-state index is 16.5. The first kappa shape index (κ1) is 28.4. The highest BCUT2D eigenvalue weighted by Crippen LogP contribution is 2.57. The first-order valence-corrected chi connectivity index (χ1v) is 16.8. The van der Waals surface area contributed by atoms with Crippen LogP contribution in [0.1, 0.15) is 36.1 Å². The zero-order valence-corrected chi connectivity index (χ0v) is 27.6. The molecule has 0 unspecified atom stereocenters. The molecule has 0 saturated carbocycles. The van der Waals surface area contributed by atoms with Crippen molar-refractivity contribution in [3.8, 4) is 0 Å². The van der Waals surface area contributed by atoms with Crippen molar-refractivity contribution >= 4 is 73.7 Å². The van der Waals surface area contributed by atoms with E-state index in [-0.39, 0.29) is 18.3 Å².